The van der Waals surface area contributed by atoms with Crippen molar-refractivity contribution in [3.05, 3.63) is 41.0 Å². The fraction of sp³-hybridized carbons (Fsp3) is 0.571. The fourth-order valence-electron chi connectivity index (χ4n) is 4.76. The smallest absolute Gasteiger partial charge is 0.444 e. The number of allylic oxidation sites excluding steroid dienone is 1. The van der Waals surface area contributed by atoms with E-state index in [9.17, 15) is 27.6 Å². The Kier molecular flexibility index (Phi) is 6.78. The molecule has 2 saturated heterocycles. The molecule has 13 heteroatoms. The molecular formula is C21H27F4N5O4. The third-order valence-corrected chi connectivity index (χ3v) is 6.57. The third kappa shape index (κ3) is 5.47. The lowest BCUT2D eigenvalue weighted by molar-refractivity contribution is -0.274. The fourth-order valence-corrected chi connectivity index (χ4v) is 4.76. The summed E-state index contributed by atoms with van der Waals surface area (Å²) in [6.07, 6.45) is -3.73. The molecule has 2 fully saturated rings. The van der Waals surface area contributed by atoms with E-state index in [0.29, 0.717) is 62.9 Å². The second-order valence-corrected chi connectivity index (χ2v) is 8.92. The minimum Gasteiger partial charge on any atom is -0.444 e. The number of ether oxygens (including phenoxy) is 2. The van der Waals surface area contributed by atoms with Gasteiger partial charge in [-0.05, 0) is 36.8 Å². The van der Waals surface area contributed by atoms with Gasteiger partial charge < -0.3 is 25.8 Å². The molecule has 1 amide bonds. The number of fused-ring (bicyclic) bond motifs is 1. The van der Waals surface area contributed by atoms with E-state index in [4.69, 9.17) is 16.2 Å². The molecule has 1 aliphatic carbocycles. The van der Waals surface area contributed by atoms with Crippen LogP contribution in [0.1, 0.15) is 24.8 Å². The van der Waals surface area contributed by atoms with Gasteiger partial charge in [0.15, 0.2) is 0 Å². The Labute approximate surface area is 193 Å². The van der Waals surface area contributed by atoms with Crippen LogP contribution in [0.4, 0.5) is 22.4 Å². The minimum atomic E-state index is -4.92. The molecule has 1 aromatic carbocycles. The number of nitrogens with two attached hydrogens (primary N) is 2. The third-order valence-electron chi connectivity index (χ3n) is 6.57. The van der Waals surface area contributed by atoms with Gasteiger partial charge in [-0.25, -0.2) is 14.2 Å². The first-order valence-electron chi connectivity index (χ1n) is 10.9. The second kappa shape index (κ2) is 9.47. The van der Waals surface area contributed by atoms with Gasteiger partial charge in [0.25, 0.3) is 0 Å². The van der Waals surface area contributed by atoms with Crippen molar-refractivity contribution in [2.75, 3.05) is 26.2 Å². The van der Waals surface area contributed by atoms with Gasteiger partial charge in [0.2, 0.25) is 0 Å². The molecule has 3 aliphatic rings. The van der Waals surface area contributed by atoms with Gasteiger partial charge in [-0.15, -0.1) is 18.3 Å². The van der Waals surface area contributed by atoms with Gasteiger partial charge in [-0.1, -0.05) is 0 Å². The molecule has 1 aromatic rings. The summed E-state index contributed by atoms with van der Waals surface area (Å²) < 4.78 is 59.6. The van der Waals surface area contributed by atoms with Crippen LogP contribution in [0.5, 0.6) is 5.75 Å². The Hall–Kier alpha value is -2.77. The lowest BCUT2D eigenvalue weighted by Gasteiger charge is -2.36. The zero-order valence-electron chi connectivity index (χ0n) is 18.3. The molecule has 9 nitrogen and oxygen atoms in total. The summed E-state index contributed by atoms with van der Waals surface area (Å²) in [6, 6.07) is 2.49. The van der Waals surface area contributed by atoms with Crippen LogP contribution in [0.25, 0.3) is 0 Å². The van der Waals surface area contributed by atoms with E-state index in [1.165, 1.54) is 10.1 Å². The summed E-state index contributed by atoms with van der Waals surface area (Å²) in [5, 5.41) is 13.8. The average molecular weight is 489 g/mol. The predicted octanol–water partition coefficient (Wildman–Crippen LogP) is 2.51. The number of nitrogens with zero attached hydrogens (tertiary/aromatic N) is 3. The van der Waals surface area contributed by atoms with E-state index in [1.54, 1.807) is 0 Å². The first kappa shape index (κ1) is 24.4. The summed E-state index contributed by atoms with van der Waals surface area (Å²) in [5.41, 5.74) is 13.0. The molecule has 34 heavy (non-hydrogen) atoms. The van der Waals surface area contributed by atoms with Gasteiger partial charge in [0, 0.05) is 55.6 Å². The topological polar surface area (TPSA) is 118 Å². The van der Waals surface area contributed by atoms with E-state index in [-0.39, 0.29) is 23.4 Å². The molecular weight excluding hydrogens is 462 g/mol. The van der Waals surface area contributed by atoms with E-state index in [1.807, 2.05) is 5.01 Å². The zero-order valence-corrected chi connectivity index (χ0v) is 18.3. The molecule has 0 bridgehead atoms. The molecule has 5 N–H and O–H groups in total. The molecule has 2 unspecified atom stereocenters. The van der Waals surface area contributed by atoms with Crippen LogP contribution in [0.15, 0.2) is 29.6 Å². The second-order valence-electron chi connectivity index (χ2n) is 8.92. The van der Waals surface area contributed by atoms with Crippen molar-refractivity contribution in [2.24, 2.45) is 23.3 Å². The summed E-state index contributed by atoms with van der Waals surface area (Å²) in [7, 11) is 0. The van der Waals surface area contributed by atoms with Crippen molar-refractivity contribution in [1.82, 2.24) is 15.1 Å². The Morgan fingerprint density at radius 3 is 2.41 bits per heavy atom. The summed E-state index contributed by atoms with van der Waals surface area (Å²) in [6.45, 7) is 1.56. The quantitative estimate of drug-likeness (QED) is 0.427. The molecule has 3 atom stereocenters. The maximum Gasteiger partial charge on any atom is 0.573 e. The minimum absolute atomic E-state index is 0.0641. The maximum atomic E-state index is 14.1. The number of likely N-dealkylation sites (tertiary alicyclic amines) is 1. The first-order chi connectivity index (χ1) is 16.0. The van der Waals surface area contributed by atoms with Crippen LogP contribution in [-0.2, 0) is 11.3 Å². The van der Waals surface area contributed by atoms with Crippen LogP contribution < -0.4 is 16.2 Å². The van der Waals surface area contributed by atoms with E-state index < -0.39 is 30.6 Å². The molecule has 0 spiro atoms. The number of hydrogen-bond donors (Lipinski definition) is 3. The Balaban J connectivity index is 1.25. The molecule has 0 radical (unpaired) electrons. The summed E-state index contributed by atoms with van der Waals surface area (Å²) in [4.78, 5) is 14.0. The molecule has 2 aliphatic heterocycles. The molecule has 4 rings (SSSR count). The number of halogens is 4. The van der Waals surface area contributed by atoms with Crippen LogP contribution in [-0.4, -0.2) is 65.0 Å². The monoisotopic (exact) mass is 489 g/mol. The average Bonchev–Trinajstić information content (AvgIpc) is 3.33. The van der Waals surface area contributed by atoms with Gasteiger partial charge in [0.05, 0.1) is 6.04 Å². The van der Waals surface area contributed by atoms with Crippen molar-refractivity contribution in [3.63, 3.8) is 0 Å². The number of hydrogen-bond acceptors (Lipinski definition) is 8. The van der Waals surface area contributed by atoms with Crippen LogP contribution >= 0.6 is 0 Å². The summed E-state index contributed by atoms with van der Waals surface area (Å²) in [5.74, 6) is -1.38. The number of alkyl halides is 3. The Morgan fingerprint density at radius 2 is 1.82 bits per heavy atom. The van der Waals surface area contributed by atoms with Crippen molar-refractivity contribution in [2.45, 2.75) is 38.3 Å². The number of hydroxylamine groups is 1. The SMILES string of the molecule is NC1=C(N)C[C@H](N(O)N2CC3CN(C(=O)OCc4ccc(OC(F)(F)F)cc4F)CC3C2)CC1. The Morgan fingerprint density at radius 1 is 1.15 bits per heavy atom. The van der Waals surface area contributed by atoms with Crippen molar-refractivity contribution >= 4 is 6.09 Å². The van der Waals surface area contributed by atoms with Gasteiger partial charge in [-0.3, -0.25) is 5.21 Å². The highest BCUT2D eigenvalue weighted by Gasteiger charge is 2.44. The van der Waals surface area contributed by atoms with E-state index >= 15 is 0 Å². The van der Waals surface area contributed by atoms with Crippen molar-refractivity contribution < 1.29 is 37.0 Å². The van der Waals surface area contributed by atoms with Crippen molar-refractivity contribution in [1.29, 1.82) is 0 Å². The van der Waals surface area contributed by atoms with Crippen LogP contribution in [0.3, 0.4) is 0 Å². The first-order valence-corrected chi connectivity index (χ1v) is 10.9. The lowest BCUT2D eigenvalue weighted by atomic mass is 9.97. The predicted molar refractivity (Wildman–Crippen MR) is 110 cm³/mol. The molecule has 0 saturated carbocycles. The van der Waals surface area contributed by atoms with E-state index in [0.717, 1.165) is 12.1 Å². The van der Waals surface area contributed by atoms with Crippen molar-refractivity contribution in [3.8, 4) is 5.75 Å². The zero-order chi connectivity index (χ0) is 24.6. The number of carbonyl (C=O) groups excluding carboxylic acids is 1. The maximum absolute atomic E-state index is 14.1. The van der Waals surface area contributed by atoms with Gasteiger partial charge in [0.1, 0.15) is 18.2 Å². The van der Waals surface area contributed by atoms with Crippen LogP contribution in [0.2, 0.25) is 0 Å². The molecule has 188 valence electrons. The normalized spacial score (nSPS) is 25.7. The van der Waals surface area contributed by atoms with Gasteiger partial charge in [-0.2, -0.15) is 0 Å². The summed E-state index contributed by atoms with van der Waals surface area (Å²) >= 11 is 0. The highest BCUT2D eigenvalue weighted by atomic mass is 19.4. The molecule has 0 aromatic heterocycles. The standard InChI is InChI=1S/C21H27F4N5O4/c22-17-6-16(34-21(23,24)25)3-1-12(17)11-33-20(31)28-7-13-9-29(10-14(13)8-28)30(32)15-2-4-18(26)19(27)5-15/h1,3,6,13-15,32H,2,4-5,7-11,26-27H2/t13?,14?,15-/m1/s1. The highest BCUT2D eigenvalue weighted by molar-refractivity contribution is 5.68. The largest absolute Gasteiger partial charge is 0.573 e. The van der Waals surface area contributed by atoms with Crippen LogP contribution in [0, 0.1) is 17.7 Å². The number of hydrazine groups is 1. The Bertz CT molecular complexity index is 946. The highest BCUT2D eigenvalue weighted by Crippen LogP contribution is 2.34. The van der Waals surface area contributed by atoms with E-state index in [2.05, 4.69) is 4.74 Å². The number of carbonyl (C=O) groups is 1. The lowest BCUT2D eigenvalue weighted by Crippen LogP contribution is -2.48. The number of benzene rings is 1. The van der Waals surface area contributed by atoms with Gasteiger partial charge >= 0.3 is 12.5 Å². The number of amides is 1. The number of rotatable bonds is 5. The molecule has 2 heterocycles.